The van der Waals surface area contributed by atoms with Crippen LogP contribution < -0.4 is 5.32 Å². The van der Waals surface area contributed by atoms with Gasteiger partial charge in [0.2, 0.25) is 0 Å². The van der Waals surface area contributed by atoms with Crippen LogP contribution in [0.5, 0.6) is 0 Å². The van der Waals surface area contributed by atoms with Gasteiger partial charge in [-0.15, -0.1) is 0 Å². The quantitative estimate of drug-likeness (QED) is 0.856. The minimum atomic E-state index is 0.0592. The summed E-state index contributed by atoms with van der Waals surface area (Å²) in [6.45, 7) is 4.31. The standard InChI is InChI=1S/C16H19NO/c1-12-7-3-5-9-15(12)13(2)17-16-10-6-4-8-14(16)11-18/h3-10,13,17-18H,11H2,1-2H3. The largest absolute Gasteiger partial charge is 0.392 e. The zero-order chi connectivity index (χ0) is 13.0. The minimum absolute atomic E-state index is 0.0592. The van der Waals surface area contributed by atoms with Gasteiger partial charge in [0.15, 0.2) is 0 Å². The molecule has 2 heteroatoms. The molecule has 1 unspecified atom stereocenters. The molecule has 0 saturated heterocycles. The Hall–Kier alpha value is -1.80. The van der Waals surface area contributed by atoms with E-state index in [4.69, 9.17) is 0 Å². The van der Waals surface area contributed by atoms with Crippen molar-refractivity contribution in [2.24, 2.45) is 0 Å². The molecule has 0 saturated carbocycles. The van der Waals surface area contributed by atoms with Crippen molar-refractivity contribution < 1.29 is 5.11 Å². The highest BCUT2D eigenvalue weighted by Crippen LogP contribution is 2.24. The highest BCUT2D eigenvalue weighted by Gasteiger charge is 2.09. The first-order chi connectivity index (χ1) is 8.72. The predicted molar refractivity (Wildman–Crippen MR) is 75.6 cm³/mol. The van der Waals surface area contributed by atoms with E-state index < -0.39 is 0 Å². The normalized spacial score (nSPS) is 12.2. The summed E-state index contributed by atoms with van der Waals surface area (Å²) < 4.78 is 0. The Morgan fingerprint density at radius 3 is 2.44 bits per heavy atom. The van der Waals surface area contributed by atoms with Gasteiger partial charge in [0, 0.05) is 17.3 Å². The number of nitrogens with one attached hydrogen (secondary N) is 1. The molecule has 0 aliphatic rings. The molecule has 0 heterocycles. The summed E-state index contributed by atoms with van der Waals surface area (Å²) in [5.74, 6) is 0. The molecule has 94 valence electrons. The number of aryl methyl sites for hydroxylation is 1. The average molecular weight is 241 g/mol. The van der Waals surface area contributed by atoms with E-state index in [1.165, 1.54) is 11.1 Å². The number of anilines is 1. The van der Waals surface area contributed by atoms with E-state index in [1.54, 1.807) is 0 Å². The maximum atomic E-state index is 9.32. The van der Waals surface area contributed by atoms with Crippen molar-refractivity contribution in [3.8, 4) is 0 Å². The fourth-order valence-corrected chi connectivity index (χ4v) is 2.18. The topological polar surface area (TPSA) is 32.3 Å². The molecule has 2 N–H and O–H groups in total. The molecule has 0 aromatic heterocycles. The van der Waals surface area contributed by atoms with Crippen LogP contribution in [-0.4, -0.2) is 5.11 Å². The lowest BCUT2D eigenvalue weighted by Gasteiger charge is -2.19. The molecule has 2 aromatic rings. The Balaban J connectivity index is 2.21. The lowest BCUT2D eigenvalue weighted by atomic mass is 10.0. The molecule has 0 fully saturated rings. The molecular formula is C16H19NO. The van der Waals surface area contributed by atoms with E-state index in [-0.39, 0.29) is 12.6 Å². The molecule has 0 radical (unpaired) electrons. The van der Waals surface area contributed by atoms with Crippen molar-refractivity contribution in [2.75, 3.05) is 5.32 Å². The molecule has 1 atom stereocenters. The van der Waals surface area contributed by atoms with Gasteiger partial charge in [-0.3, -0.25) is 0 Å². The van der Waals surface area contributed by atoms with Gasteiger partial charge < -0.3 is 10.4 Å². The summed E-state index contributed by atoms with van der Waals surface area (Å²) in [5, 5.41) is 12.8. The second-order valence-corrected chi connectivity index (χ2v) is 4.54. The molecule has 2 aromatic carbocycles. The van der Waals surface area contributed by atoms with Crippen molar-refractivity contribution in [1.82, 2.24) is 0 Å². The third kappa shape index (κ3) is 2.71. The number of hydrogen-bond donors (Lipinski definition) is 2. The minimum Gasteiger partial charge on any atom is -0.392 e. The van der Waals surface area contributed by atoms with Gasteiger partial charge >= 0.3 is 0 Å². The lowest BCUT2D eigenvalue weighted by Crippen LogP contribution is -2.09. The van der Waals surface area contributed by atoms with Crippen LogP contribution in [0.15, 0.2) is 48.5 Å². The number of aliphatic hydroxyl groups excluding tert-OH is 1. The van der Waals surface area contributed by atoms with Crippen LogP contribution in [0.1, 0.15) is 29.7 Å². The molecule has 0 amide bonds. The van der Waals surface area contributed by atoms with Crippen molar-refractivity contribution in [1.29, 1.82) is 0 Å². The van der Waals surface area contributed by atoms with Crippen molar-refractivity contribution in [3.05, 3.63) is 65.2 Å². The van der Waals surface area contributed by atoms with Crippen LogP contribution in [0.25, 0.3) is 0 Å². The Bertz CT molecular complexity index is 522. The highest BCUT2D eigenvalue weighted by atomic mass is 16.3. The van der Waals surface area contributed by atoms with Gasteiger partial charge in [-0.25, -0.2) is 0 Å². The second-order valence-electron chi connectivity index (χ2n) is 4.54. The van der Waals surface area contributed by atoms with Gasteiger partial charge in [0.05, 0.1) is 6.61 Å². The fraction of sp³-hybridized carbons (Fsp3) is 0.250. The Labute approximate surface area is 108 Å². The third-order valence-corrected chi connectivity index (χ3v) is 3.21. The Kier molecular flexibility index (Phi) is 4.00. The van der Waals surface area contributed by atoms with Crippen molar-refractivity contribution in [2.45, 2.75) is 26.5 Å². The van der Waals surface area contributed by atoms with Gasteiger partial charge in [-0.1, -0.05) is 42.5 Å². The van der Waals surface area contributed by atoms with Gasteiger partial charge in [0.25, 0.3) is 0 Å². The van der Waals surface area contributed by atoms with Gasteiger partial charge in [0.1, 0.15) is 0 Å². The first-order valence-electron chi connectivity index (χ1n) is 6.23. The van der Waals surface area contributed by atoms with Crippen molar-refractivity contribution in [3.63, 3.8) is 0 Å². The SMILES string of the molecule is Cc1ccccc1C(C)Nc1ccccc1CO. The first kappa shape index (κ1) is 12.7. The fourth-order valence-electron chi connectivity index (χ4n) is 2.18. The zero-order valence-electron chi connectivity index (χ0n) is 10.9. The number of rotatable bonds is 4. The van der Waals surface area contributed by atoms with Crippen LogP contribution in [0.4, 0.5) is 5.69 Å². The number of hydrogen-bond acceptors (Lipinski definition) is 2. The van der Waals surface area contributed by atoms with Crippen LogP contribution in [0.3, 0.4) is 0 Å². The molecule has 0 aliphatic heterocycles. The highest BCUT2D eigenvalue weighted by molar-refractivity contribution is 5.52. The van der Waals surface area contributed by atoms with Crippen LogP contribution >= 0.6 is 0 Å². The summed E-state index contributed by atoms with van der Waals surface area (Å²) in [6.07, 6.45) is 0. The van der Waals surface area contributed by atoms with Crippen LogP contribution in [0.2, 0.25) is 0 Å². The number of para-hydroxylation sites is 1. The first-order valence-corrected chi connectivity index (χ1v) is 6.23. The average Bonchev–Trinajstić information content (AvgIpc) is 2.39. The summed E-state index contributed by atoms with van der Waals surface area (Å²) in [6, 6.07) is 16.4. The molecule has 2 rings (SSSR count). The summed E-state index contributed by atoms with van der Waals surface area (Å²) in [7, 11) is 0. The monoisotopic (exact) mass is 241 g/mol. The maximum Gasteiger partial charge on any atom is 0.0701 e. The summed E-state index contributed by atoms with van der Waals surface area (Å²) in [5.41, 5.74) is 4.48. The van der Waals surface area contributed by atoms with E-state index in [0.29, 0.717) is 0 Å². The second kappa shape index (κ2) is 5.69. The molecule has 2 nitrogen and oxygen atoms in total. The van der Waals surface area contributed by atoms with Gasteiger partial charge in [-0.2, -0.15) is 0 Å². The zero-order valence-corrected chi connectivity index (χ0v) is 10.9. The van der Waals surface area contributed by atoms with E-state index in [1.807, 2.05) is 30.3 Å². The Morgan fingerprint density at radius 1 is 1.06 bits per heavy atom. The summed E-state index contributed by atoms with van der Waals surface area (Å²) >= 11 is 0. The van der Waals surface area contributed by atoms with Gasteiger partial charge in [-0.05, 0) is 31.0 Å². The molecule has 0 spiro atoms. The predicted octanol–water partition coefficient (Wildman–Crippen LogP) is 3.66. The molecule has 0 aliphatic carbocycles. The maximum absolute atomic E-state index is 9.32. The summed E-state index contributed by atoms with van der Waals surface area (Å²) in [4.78, 5) is 0. The molecule has 0 bridgehead atoms. The molecular weight excluding hydrogens is 222 g/mol. The van der Waals surface area contributed by atoms with E-state index in [0.717, 1.165) is 11.3 Å². The molecule has 18 heavy (non-hydrogen) atoms. The lowest BCUT2D eigenvalue weighted by molar-refractivity contribution is 0.282. The van der Waals surface area contributed by atoms with E-state index >= 15 is 0 Å². The van der Waals surface area contributed by atoms with Crippen LogP contribution in [-0.2, 0) is 6.61 Å². The number of aliphatic hydroxyl groups is 1. The Morgan fingerprint density at radius 2 is 1.72 bits per heavy atom. The van der Waals surface area contributed by atoms with Crippen LogP contribution in [0, 0.1) is 6.92 Å². The van der Waals surface area contributed by atoms with Crippen molar-refractivity contribution >= 4 is 5.69 Å². The van der Waals surface area contributed by atoms with E-state index in [9.17, 15) is 5.11 Å². The number of benzene rings is 2. The van der Waals surface area contributed by atoms with E-state index in [2.05, 4.69) is 37.4 Å². The smallest absolute Gasteiger partial charge is 0.0701 e. The third-order valence-electron chi connectivity index (χ3n) is 3.21.